The largest absolute Gasteiger partial charge is 0.479 e. The number of ether oxygens (including phenoxy) is 1. The molecule has 0 saturated carbocycles. The van der Waals surface area contributed by atoms with Crippen LogP contribution < -0.4 is 15.6 Å². The molecule has 2 aromatic rings. The topological polar surface area (TPSA) is 80.6 Å². The Morgan fingerprint density at radius 2 is 2.00 bits per heavy atom. The Labute approximate surface area is 136 Å². The summed E-state index contributed by atoms with van der Waals surface area (Å²) in [5.74, 6) is -0.735. The highest BCUT2D eigenvalue weighted by Gasteiger charge is 2.17. The van der Waals surface area contributed by atoms with Crippen molar-refractivity contribution in [2.45, 2.75) is 13.0 Å². The van der Waals surface area contributed by atoms with E-state index in [9.17, 15) is 9.59 Å². The Balaban J connectivity index is 1.88. The first-order valence-corrected chi connectivity index (χ1v) is 6.98. The van der Waals surface area contributed by atoms with Crippen LogP contribution in [0.5, 0.6) is 5.75 Å². The summed E-state index contributed by atoms with van der Waals surface area (Å²) in [6, 6.07) is 7.67. The molecule has 1 aromatic heterocycles. The maximum Gasteiger partial charge on any atom is 0.305 e. The normalized spacial score (nSPS) is 11.6. The molecule has 2 rings (SSSR count). The van der Waals surface area contributed by atoms with Gasteiger partial charge in [0.1, 0.15) is 5.75 Å². The molecule has 1 atom stereocenters. The SMILES string of the molecule is C[C@H](Oc1ccc(Cl)cc1Cl)C(=O)NNC(=O)c1ccco1. The molecule has 22 heavy (non-hydrogen) atoms. The number of hydrazine groups is 1. The van der Waals surface area contributed by atoms with Gasteiger partial charge in [-0.3, -0.25) is 20.4 Å². The van der Waals surface area contributed by atoms with Crippen LogP contribution in [0.1, 0.15) is 17.5 Å². The van der Waals surface area contributed by atoms with Gasteiger partial charge in [0.25, 0.3) is 5.91 Å². The first-order chi connectivity index (χ1) is 10.5. The Morgan fingerprint density at radius 1 is 1.23 bits per heavy atom. The highest BCUT2D eigenvalue weighted by Crippen LogP contribution is 2.28. The third-order valence-corrected chi connectivity index (χ3v) is 3.14. The smallest absolute Gasteiger partial charge is 0.305 e. The molecule has 0 spiro atoms. The molecule has 2 N–H and O–H groups in total. The van der Waals surface area contributed by atoms with E-state index >= 15 is 0 Å². The summed E-state index contributed by atoms with van der Waals surface area (Å²) in [6.07, 6.45) is 0.473. The number of furan rings is 1. The lowest BCUT2D eigenvalue weighted by atomic mass is 10.3. The van der Waals surface area contributed by atoms with E-state index in [2.05, 4.69) is 10.9 Å². The second-order valence-corrected chi connectivity index (χ2v) is 5.10. The average Bonchev–Trinajstić information content (AvgIpc) is 3.01. The summed E-state index contributed by atoms with van der Waals surface area (Å²) in [5, 5.41) is 0.743. The second-order valence-electron chi connectivity index (χ2n) is 4.26. The van der Waals surface area contributed by atoms with E-state index in [1.54, 1.807) is 18.2 Å². The van der Waals surface area contributed by atoms with Gasteiger partial charge in [0.2, 0.25) is 0 Å². The number of amides is 2. The van der Waals surface area contributed by atoms with E-state index in [0.717, 1.165) is 0 Å². The number of hydrogen-bond donors (Lipinski definition) is 2. The minimum atomic E-state index is -0.879. The van der Waals surface area contributed by atoms with Crippen molar-refractivity contribution in [3.8, 4) is 5.75 Å². The van der Waals surface area contributed by atoms with Crippen LogP contribution in [0, 0.1) is 0 Å². The van der Waals surface area contributed by atoms with E-state index in [0.29, 0.717) is 10.8 Å². The second kappa shape index (κ2) is 7.20. The number of hydrogen-bond acceptors (Lipinski definition) is 4. The molecule has 116 valence electrons. The lowest BCUT2D eigenvalue weighted by molar-refractivity contribution is -0.128. The van der Waals surface area contributed by atoms with Gasteiger partial charge in [0.05, 0.1) is 11.3 Å². The van der Waals surface area contributed by atoms with Crippen LogP contribution in [0.4, 0.5) is 0 Å². The molecule has 1 heterocycles. The lowest BCUT2D eigenvalue weighted by Crippen LogP contribution is -2.47. The molecule has 0 aliphatic heterocycles. The number of carbonyl (C=O) groups excluding carboxylic acids is 2. The number of nitrogens with one attached hydrogen (secondary N) is 2. The zero-order chi connectivity index (χ0) is 16.1. The lowest BCUT2D eigenvalue weighted by Gasteiger charge is -2.15. The molecule has 2 amide bonds. The van der Waals surface area contributed by atoms with Crippen molar-refractivity contribution < 1.29 is 18.7 Å². The monoisotopic (exact) mass is 342 g/mol. The molecule has 0 radical (unpaired) electrons. The maximum absolute atomic E-state index is 11.8. The molecular weight excluding hydrogens is 331 g/mol. The summed E-state index contributed by atoms with van der Waals surface area (Å²) < 4.78 is 10.3. The van der Waals surface area contributed by atoms with Gasteiger partial charge in [-0.2, -0.15) is 0 Å². The minimum absolute atomic E-state index is 0.0783. The average molecular weight is 343 g/mol. The molecule has 0 aliphatic rings. The summed E-state index contributed by atoms with van der Waals surface area (Å²) in [5.41, 5.74) is 4.44. The first-order valence-electron chi connectivity index (χ1n) is 6.23. The van der Waals surface area contributed by atoms with Crippen molar-refractivity contribution in [2.75, 3.05) is 0 Å². The van der Waals surface area contributed by atoms with Crippen LogP contribution in [-0.4, -0.2) is 17.9 Å². The number of carbonyl (C=O) groups is 2. The van der Waals surface area contributed by atoms with Crippen LogP contribution in [-0.2, 0) is 4.79 Å². The van der Waals surface area contributed by atoms with Crippen molar-refractivity contribution >= 4 is 35.0 Å². The van der Waals surface area contributed by atoms with Gasteiger partial charge in [-0.1, -0.05) is 23.2 Å². The van der Waals surface area contributed by atoms with Gasteiger partial charge in [-0.05, 0) is 37.3 Å². The van der Waals surface area contributed by atoms with Gasteiger partial charge >= 0.3 is 5.91 Å². The van der Waals surface area contributed by atoms with Crippen molar-refractivity contribution in [1.82, 2.24) is 10.9 Å². The Kier molecular flexibility index (Phi) is 5.30. The molecule has 6 nitrogen and oxygen atoms in total. The number of halogens is 2. The van der Waals surface area contributed by atoms with Crippen LogP contribution in [0.3, 0.4) is 0 Å². The summed E-state index contributed by atoms with van der Waals surface area (Å²) in [4.78, 5) is 23.4. The fraction of sp³-hybridized carbons (Fsp3) is 0.143. The van der Waals surface area contributed by atoms with Crippen molar-refractivity contribution in [2.24, 2.45) is 0 Å². The van der Waals surface area contributed by atoms with E-state index in [4.69, 9.17) is 32.4 Å². The standard InChI is InChI=1S/C14H12Cl2N2O4/c1-8(22-11-5-4-9(15)7-10(11)16)13(19)17-18-14(20)12-3-2-6-21-12/h2-8H,1H3,(H,17,19)(H,18,20)/t8-/m0/s1. The maximum atomic E-state index is 11.8. The fourth-order valence-corrected chi connectivity index (χ4v) is 1.96. The zero-order valence-electron chi connectivity index (χ0n) is 11.4. The quantitative estimate of drug-likeness (QED) is 0.837. The summed E-state index contributed by atoms with van der Waals surface area (Å²) in [6.45, 7) is 1.51. The Bertz CT molecular complexity index is 673. The highest BCUT2D eigenvalue weighted by atomic mass is 35.5. The van der Waals surface area contributed by atoms with Crippen LogP contribution in [0.2, 0.25) is 10.0 Å². The predicted molar refractivity (Wildman–Crippen MR) is 80.9 cm³/mol. The zero-order valence-corrected chi connectivity index (χ0v) is 12.9. The van der Waals surface area contributed by atoms with Crippen LogP contribution in [0.15, 0.2) is 41.0 Å². The van der Waals surface area contributed by atoms with Gasteiger partial charge < -0.3 is 9.15 Å². The van der Waals surface area contributed by atoms with Crippen molar-refractivity contribution in [1.29, 1.82) is 0 Å². The van der Waals surface area contributed by atoms with Crippen molar-refractivity contribution in [3.05, 3.63) is 52.4 Å². The molecular formula is C14H12Cl2N2O4. The molecule has 0 unspecified atom stereocenters. The van der Waals surface area contributed by atoms with Gasteiger partial charge in [0, 0.05) is 5.02 Å². The van der Waals surface area contributed by atoms with E-state index in [1.807, 2.05) is 0 Å². The molecule has 0 aliphatic carbocycles. The molecule has 0 bridgehead atoms. The van der Waals surface area contributed by atoms with Gasteiger partial charge in [-0.25, -0.2) is 0 Å². The molecule has 1 aromatic carbocycles. The third kappa shape index (κ3) is 4.16. The van der Waals surface area contributed by atoms with Crippen LogP contribution in [0.25, 0.3) is 0 Å². The highest BCUT2D eigenvalue weighted by molar-refractivity contribution is 6.35. The molecule has 8 heteroatoms. The van der Waals surface area contributed by atoms with Gasteiger partial charge in [-0.15, -0.1) is 0 Å². The summed E-state index contributed by atoms with van der Waals surface area (Å²) in [7, 11) is 0. The van der Waals surface area contributed by atoms with Gasteiger partial charge in [0.15, 0.2) is 11.9 Å². The number of rotatable bonds is 4. The number of benzene rings is 1. The van der Waals surface area contributed by atoms with Crippen LogP contribution >= 0.6 is 23.2 Å². The minimum Gasteiger partial charge on any atom is -0.479 e. The fourth-order valence-electron chi connectivity index (χ4n) is 1.50. The predicted octanol–water partition coefficient (Wildman–Crippen LogP) is 2.81. The Morgan fingerprint density at radius 3 is 2.64 bits per heavy atom. The summed E-state index contributed by atoms with van der Waals surface area (Å²) >= 11 is 11.7. The van der Waals surface area contributed by atoms with E-state index in [1.165, 1.54) is 25.3 Å². The molecule has 0 saturated heterocycles. The first kappa shape index (κ1) is 16.2. The Hall–Kier alpha value is -2.18. The molecule has 0 fully saturated rings. The van der Waals surface area contributed by atoms with E-state index in [-0.39, 0.29) is 10.8 Å². The third-order valence-electron chi connectivity index (χ3n) is 2.61. The van der Waals surface area contributed by atoms with E-state index < -0.39 is 17.9 Å². The van der Waals surface area contributed by atoms with Crippen molar-refractivity contribution in [3.63, 3.8) is 0 Å².